The molecule has 0 radical (unpaired) electrons. The van der Waals surface area contributed by atoms with Crippen LogP contribution in [0.25, 0.3) is 0 Å². The molecule has 1 aromatic carbocycles. The Morgan fingerprint density at radius 3 is 2.73 bits per heavy atom. The third kappa shape index (κ3) is 3.03. The van der Waals surface area contributed by atoms with E-state index in [0.29, 0.717) is 25.4 Å². The molecule has 1 fully saturated rings. The lowest BCUT2D eigenvalue weighted by molar-refractivity contribution is -0.122. The summed E-state index contributed by atoms with van der Waals surface area (Å²) in [7, 11) is 0. The number of halogens is 1. The van der Waals surface area contributed by atoms with Crippen LogP contribution in [0.2, 0.25) is 0 Å². The lowest BCUT2D eigenvalue weighted by Crippen LogP contribution is -2.30. The van der Waals surface area contributed by atoms with E-state index in [-0.39, 0.29) is 17.7 Å². The molecule has 0 bridgehead atoms. The number of nitrogens with one attached hydrogen (secondary N) is 1. The van der Waals surface area contributed by atoms with Crippen LogP contribution in [-0.4, -0.2) is 31.6 Å². The summed E-state index contributed by atoms with van der Waals surface area (Å²) in [5.74, 6) is -0.00259. The van der Waals surface area contributed by atoms with Gasteiger partial charge >= 0.3 is 0 Å². The number of hydrogen-bond donors (Lipinski definition) is 1. The number of carbonyl (C=O) groups excluding carboxylic acids is 2. The zero-order valence-electron chi connectivity index (χ0n) is 12.5. The number of carbonyl (C=O) groups is 2. The Balaban J connectivity index is 1.87. The molecule has 5 nitrogen and oxygen atoms in total. The molecule has 2 amide bonds. The van der Waals surface area contributed by atoms with E-state index in [2.05, 4.69) is 21.2 Å². The van der Waals surface area contributed by atoms with E-state index < -0.39 is 0 Å². The maximum absolute atomic E-state index is 12.5. The maximum Gasteiger partial charge on any atom is 0.227 e. The highest BCUT2D eigenvalue weighted by atomic mass is 79.9. The van der Waals surface area contributed by atoms with Crippen LogP contribution in [0.5, 0.6) is 0 Å². The van der Waals surface area contributed by atoms with Gasteiger partial charge in [0, 0.05) is 37.1 Å². The Labute approximate surface area is 138 Å². The number of ether oxygens (including phenoxy) is 1. The topological polar surface area (TPSA) is 58.6 Å². The average molecular weight is 367 g/mol. The molecule has 22 heavy (non-hydrogen) atoms. The van der Waals surface area contributed by atoms with Gasteiger partial charge in [-0.25, -0.2) is 0 Å². The molecule has 6 heteroatoms. The number of anilines is 2. The summed E-state index contributed by atoms with van der Waals surface area (Å²) in [5, 5.41) is 3.02. The molecule has 1 N–H and O–H groups in total. The first-order valence-corrected chi connectivity index (χ1v) is 8.34. The molecule has 2 heterocycles. The highest BCUT2D eigenvalue weighted by molar-refractivity contribution is 9.10. The van der Waals surface area contributed by atoms with Crippen molar-refractivity contribution < 1.29 is 14.3 Å². The Kier molecular flexibility index (Phi) is 4.49. The Morgan fingerprint density at radius 2 is 2.05 bits per heavy atom. The van der Waals surface area contributed by atoms with Gasteiger partial charge < -0.3 is 15.0 Å². The van der Waals surface area contributed by atoms with Gasteiger partial charge in [-0.05, 0) is 37.0 Å². The van der Waals surface area contributed by atoms with E-state index in [1.165, 1.54) is 0 Å². The molecule has 2 aliphatic rings. The summed E-state index contributed by atoms with van der Waals surface area (Å²) in [4.78, 5) is 26.0. The van der Waals surface area contributed by atoms with Gasteiger partial charge in [-0.15, -0.1) is 0 Å². The van der Waals surface area contributed by atoms with Crippen molar-refractivity contribution in [3.63, 3.8) is 0 Å². The molecule has 118 valence electrons. The molecule has 2 aliphatic heterocycles. The van der Waals surface area contributed by atoms with E-state index in [4.69, 9.17) is 4.74 Å². The molecule has 0 aliphatic carbocycles. The van der Waals surface area contributed by atoms with Gasteiger partial charge in [0.15, 0.2) is 0 Å². The van der Waals surface area contributed by atoms with Gasteiger partial charge in [-0.1, -0.05) is 15.9 Å². The molecular formula is C16H19BrN2O3. The third-order valence-electron chi connectivity index (χ3n) is 4.26. The molecule has 0 atom stereocenters. The van der Waals surface area contributed by atoms with Crippen LogP contribution >= 0.6 is 15.9 Å². The monoisotopic (exact) mass is 366 g/mol. The molecule has 0 aromatic heterocycles. The quantitative estimate of drug-likeness (QED) is 0.875. The maximum atomic E-state index is 12.5. The van der Waals surface area contributed by atoms with Gasteiger partial charge in [0.1, 0.15) is 0 Å². The van der Waals surface area contributed by atoms with E-state index in [1.54, 1.807) is 11.8 Å². The highest BCUT2D eigenvalue weighted by Gasteiger charge is 2.28. The predicted octanol–water partition coefficient (Wildman–Crippen LogP) is 2.72. The van der Waals surface area contributed by atoms with Crippen molar-refractivity contribution in [2.45, 2.75) is 26.2 Å². The summed E-state index contributed by atoms with van der Waals surface area (Å²) < 4.78 is 6.22. The summed E-state index contributed by atoms with van der Waals surface area (Å²) >= 11 is 3.48. The second-order valence-electron chi connectivity index (χ2n) is 5.76. The van der Waals surface area contributed by atoms with Crippen LogP contribution in [0.4, 0.5) is 11.4 Å². The highest BCUT2D eigenvalue weighted by Crippen LogP contribution is 2.38. The zero-order chi connectivity index (χ0) is 15.7. The molecular weight excluding hydrogens is 348 g/mol. The third-order valence-corrected chi connectivity index (χ3v) is 4.72. The first-order valence-electron chi connectivity index (χ1n) is 7.55. The van der Waals surface area contributed by atoms with Crippen molar-refractivity contribution in [1.29, 1.82) is 0 Å². The SMILES string of the molecule is CC(=O)N1CCc2cc(Br)cc(NC(=O)C3CCOCC3)c21. The van der Waals surface area contributed by atoms with E-state index in [0.717, 1.165) is 35.0 Å². The second kappa shape index (κ2) is 6.38. The lowest BCUT2D eigenvalue weighted by atomic mass is 9.99. The molecule has 0 unspecified atom stereocenters. The van der Waals surface area contributed by atoms with Crippen LogP contribution < -0.4 is 10.2 Å². The minimum atomic E-state index is -0.0180. The summed E-state index contributed by atoms with van der Waals surface area (Å²) in [6.07, 6.45) is 2.31. The molecule has 3 rings (SSSR count). The molecule has 1 saturated heterocycles. The molecule has 1 aromatic rings. The van der Waals surface area contributed by atoms with Gasteiger partial charge in [0.2, 0.25) is 11.8 Å². The van der Waals surface area contributed by atoms with Crippen molar-refractivity contribution >= 4 is 39.1 Å². The van der Waals surface area contributed by atoms with Crippen molar-refractivity contribution in [2.75, 3.05) is 30.0 Å². The van der Waals surface area contributed by atoms with Crippen molar-refractivity contribution in [2.24, 2.45) is 5.92 Å². The summed E-state index contributed by atoms with van der Waals surface area (Å²) in [6.45, 7) is 3.49. The fraction of sp³-hybridized carbons (Fsp3) is 0.500. The number of hydrogen-bond acceptors (Lipinski definition) is 3. The fourth-order valence-corrected chi connectivity index (χ4v) is 3.62. The smallest absolute Gasteiger partial charge is 0.227 e. The predicted molar refractivity (Wildman–Crippen MR) is 88.0 cm³/mol. The Bertz CT molecular complexity index is 612. The minimum Gasteiger partial charge on any atom is -0.381 e. The van der Waals surface area contributed by atoms with E-state index >= 15 is 0 Å². The largest absolute Gasteiger partial charge is 0.381 e. The van der Waals surface area contributed by atoms with Crippen LogP contribution in [0.1, 0.15) is 25.3 Å². The van der Waals surface area contributed by atoms with Crippen molar-refractivity contribution in [3.05, 3.63) is 22.2 Å². The fourth-order valence-electron chi connectivity index (χ4n) is 3.11. The number of amides is 2. The average Bonchev–Trinajstić information content (AvgIpc) is 2.92. The Morgan fingerprint density at radius 1 is 1.32 bits per heavy atom. The van der Waals surface area contributed by atoms with E-state index in [9.17, 15) is 9.59 Å². The van der Waals surface area contributed by atoms with Gasteiger partial charge in [0.05, 0.1) is 11.4 Å². The molecule has 0 saturated carbocycles. The van der Waals surface area contributed by atoms with Crippen LogP contribution in [-0.2, 0) is 20.7 Å². The van der Waals surface area contributed by atoms with Gasteiger partial charge in [-0.3, -0.25) is 9.59 Å². The van der Waals surface area contributed by atoms with E-state index in [1.807, 2.05) is 12.1 Å². The number of nitrogens with zero attached hydrogens (tertiary/aromatic N) is 1. The lowest BCUT2D eigenvalue weighted by Gasteiger charge is -2.24. The summed E-state index contributed by atoms with van der Waals surface area (Å²) in [6, 6.07) is 3.89. The first-order chi connectivity index (χ1) is 10.6. The minimum absolute atomic E-state index is 0.00244. The number of fused-ring (bicyclic) bond motifs is 1. The standard InChI is InChI=1S/C16H19BrN2O3/c1-10(20)19-5-2-12-8-13(17)9-14(15(12)19)18-16(21)11-3-6-22-7-4-11/h8-9,11H,2-7H2,1H3,(H,18,21). The zero-order valence-corrected chi connectivity index (χ0v) is 14.1. The van der Waals surface area contributed by atoms with Crippen LogP contribution in [0, 0.1) is 5.92 Å². The Hall–Kier alpha value is -1.40. The van der Waals surface area contributed by atoms with Gasteiger partial charge in [-0.2, -0.15) is 0 Å². The first kappa shape index (κ1) is 15.5. The molecule has 0 spiro atoms. The normalized spacial score (nSPS) is 18.2. The van der Waals surface area contributed by atoms with Crippen molar-refractivity contribution in [1.82, 2.24) is 0 Å². The van der Waals surface area contributed by atoms with Gasteiger partial charge in [0.25, 0.3) is 0 Å². The van der Waals surface area contributed by atoms with Crippen LogP contribution in [0.3, 0.4) is 0 Å². The number of rotatable bonds is 2. The summed E-state index contributed by atoms with van der Waals surface area (Å²) in [5.41, 5.74) is 2.65. The van der Waals surface area contributed by atoms with Crippen LogP contribution in [0.15, 0.2) is 16.6 Å². The second-order valence-corrected chi connectivity index (χ2v) is 6.67. The number of benzene rings is 1. The van der Waals surface area contributed by atoms with Crippen molar-refractivity contribution in [3.8, 4) is 0 Å².